The first-order chi connectivity index (χ1) is 6.74. The number of halogens is 2. The zero-order valence-corrected chi connectivity index (χ0v) is 9.34. The molecule has 0 spiro atoms. The molecule has 2 aromatic rings. The van der Waals surface area contributed by atoms with Gasteiger partial charge in [0.15, 0.2) is 6.29 Å². The molecular weight excluding hydrogens is 265 g/mol. The molecule has 0 N–H and O–H groups in total. The second kappa shape index (κ2) is 3.67. The van der Waals surface area contributed by atoms with Crippen LogP contribution in [0.25, 0.3) is 10.9 Å². The summed E-state index contributed by atoms with van der Waals surface area (Å²) in [7, 11) is 0. The van der Waals surface area contributed by atoms with E-state index in [0.717, 1.165) is 15.4 Å². The number of aldehydes is 1. The number of aromatic nitrogens is 1. The largest absolute Gasteiger partial charge is 0.298 e. The predicted octanol–water partition coefficient (Wildman–Crippen LogP) is 3.46. The van der Waals surface area contributed by atoms with Crippen molar-refractivity contribution in [2.75, 3.05) is 0 Å². The molecule has 0 amide bonds. The van der Waals surface area contributed by atoms with E-state index in [1.54, 1.807) is 0 Å². The summed E-state index contributed by atoms with van der Waals surface area (Å²) in [6.07, 6.45) is 2.18. The minimum Gasteiger partial charge on any atom is -0.298 e. The van der Waals surface area contributed by atoms with Crippen molar-refractivity contribution < 1.29 is 4.79 Å². The van der Waals surface area contributed by atoms with Crippen molar-refractivity contribution in [3.8, 4) is 0 Å². The summed E-state index contributed by atoms with van der Waals surface area (Å²) >= 11 is 9.42. The summed E-state index contributed by atoms with van der Waals surface area (Å²) in [4.78, 5) is 14.8. The first-order valence-electron chi connectivity index (χ1n) is 3.92. The molecule has 2 nitrogen and oxygen atoms in total. The zero-order valence-electron chi connectivity index (χ0n) is 7.00. The highest BCUT2D eigenvalue weighted by atomic mass is 79.9. The summed E-state index contributed by atoms with van der Waals surface area (Å²) in [5.41, 5.74) is 1.18. The monoisotopic (exact) mass is 269 g/mol. The Hall–Kier alpha value is -0.930. The molecule has 0 saturated heterocycles. The van der Waals surface area contributed by atoms with E-state index in [0.29, 0.717) is 16.9 Å². The van der Waals surface area contributed by atoms with Crippen molar-refractivity contribution in [1.29, 1.82) is 0 Å². The van der Waals surface area contributed by atoms with Crippen molar-refractivity contribution in [2.24, 2.45) is 0 Å². The molecule has 14 heavy (non-hydrogen) atoms. The van der Waals surface area contributed by atoms with Crippen LogP contribution in [-0.4, -0.2) is 11.3 Å². The van der Waals surface area contributed by atoms with E-state index in [4.69, 9.17) is 11.6 Å². The highest BCUT2D eigenvalue weighted by Gasteiger charge is 2.08. The van der Waals surface area contributed by atoms with Gasteiger partial charge in [-0.15, -0.1) is 0 Å². The summed E-state index contributed by atoms with van der Waals surface area (Å²) in [6.45, 7) is 0. The summed E-state index contributed by atoms with van der Waals surface area (Å²) in [6, 6.07) is 5.58. The van der Waals surface area contributed by atoms with Crippen LogP contribution in [0.5, 0.6) is 0 Å². The second-order valence-electron chi connectivity index (χ2n) is 2.78. The van der Waals surface area contributed by atoms with E-state index in [-0.39, 0.29) is 0 Å². The van der Waals surface area contributed by atoms with E-state index >= 15 is 0 Å². The Bertz CT molecular complexity index is 513. The molecule has 1 heterocycles. The maximum Gasteiger partial charge on any atom is 0.153 e. The van der Waals surface area contributed by atoms with Gasteiger partial charge < -0.3 is 0 Å². The first kappa shape index (κ1) is 9.62. The van der Waals surface area contributed by atoms with Gasteiger partial charge in [-0.05, 0) is 12.1 Å². The van der Waals surface area contributed by atoms with Gasteiger partial charge in [0.1, 0.15) is 0 Å². The Kier molecular flexibility index (Phi) is 2.52. The number of carbonyl (C=O) groups is 1. The van der Waals surface area contributed by atoms with Crippen molar-refractivity contribution in [3.05, 3.63) is 39.5 Å². The van der Waals surface area contributed by atoms with Gasteiger partial charge in [-0.3, -0.25) is 9.78 Å². The number of hydrogen-bond acceptors (Lipinski definition) is 2. The van der Waals surface area contributed by atoms with Crippen molar-refractivity contribution in [2.45, 2.75) is 0 Å². The molecule has 2 rings (SSSR count). The van der Waals surface area contributed by atoms with Crippen LogP contribution in [-0.2, 0) is 0 Å². The van der Waals surface area contributed by atoms with Gasteiger partial charge in [-0.2, -0.15) is 0 Å². The lowest BCUT2D eigenvalue weighted by atomic mass is 10.2. The highest BCUT2D eigenvalue weighted by molar-refractivity contribution is 9.10. The molecule has 1 aromatic carbocycles. The molecule has 4 heteroatoms. The number of carbonyl (C=O) groups excluding carboxylic acids is 1. The number of hydrogen-bond donors (Lipinski definition) is 0. The maximum atomic E-state index is 10.6. The van der Waals surface area contributed by atoms with Crippen LogP contribution in [0.15, 0.2) is 28.9 Å². The molecule has 70 valence electrons. The molecule has 0 aliphatic carbocycles. The lowest BCUT2D eigenvalue weighted by Gasteiger charge is -2.03. The van der Waals surface area contributed by atoms with Gasteiger partial charge in [0, 0.05) is 16.1 Å². The topological polar surface area (TPSA) is 30.0 Å². The van der Waals surface area contributed by atoms with E-state index < -0.39 is 0 Å². The van der Waals surface area contributed by atoms with Gasteiger partial charge in [0.2, 0.25) is 0 Å². The standard InChI is InChI=1S/C10H5BrClNO/c11-7-2-1-3-8-9(7)10(12)6(5-14)4-13-8/h1-5H. The van der Waals surface area contributed by atoms with Crippen molar-refractivity contribution in [1.82, 2.24) is 4.98 Å². The quantitative estimate of drug-likeness (QED) is 0.743. The Morgan fingerprint density at radius 1 is 1.43 bits per heavy atom. The van der Waals surface area contributed by atoms with Crippen LogP contribution in [0, 0.1) is 0 Å². The average molecular weight is 271 g/mol. The number of fused-ring (bicyclic) bond motifs is 1. The first-order valence-corrected chi connectivity index (χ1v) is 5.09. The third-order valence-corrected chi connectivity index (χ3v) is 3.00. The third kappa shape index (κ3) is 1.42. The van der Waals surface area contributed by atoms with Gasteiger partial charge in [-0.1, -0.05) is 33.6 Å². The second-order valence-corrected chi connectivity index (χ2v) is 4.01. The Labute approximate surface area is 94.0 Å². The maximum absolute atomic E-state index is 10.6. The highest BCUT2D eigenvalue weighted by Crippen LogP contribution is 2.30. The summed E-state index contributed by atoms with van der Waals surface area (Å²) in [5, 5.41) is 1.22. The zero-order chi connectivity index (χ0) is 10.1. The van der Waals surface area contributed by atoms with E-state index in [2.05, 4.69) is 20.9 Å². The SMILES string of the molecule is O=Cc1cnc2cccc(Br)c2c1Cl. The minimum atomic E-state index is 0.408. The lowest BCUT2D eigenvalue weighted by molar-refractivity contribution is 0.112. The van der Waals surface area contributed by atoms with Gasteiger partial charge >= 0.3 is 0 Å². The van der Waals surface area contributed by atoms with E-state index in [1.807, 2.05) is 18.2 Å². The van der Waals surface area contributed by atoms with Crippen LogP contribution in [0.4, 0.5) is 0 Å². The molecule has 0 fully saturated rings. The van der Waals surface area contributed by atoms with Crippen LogP contribution < -0.4 is 0 Å². The Morgan fingerprint density at radius 2 is 2.21 bits per heavy atom. The molecular formula is C10H5BrClNO. The fourth-order valence-electron chi connectivity index (χ4n) is 1.26. The minimum absolute atomic E-state index is 0.408. The predicted molar refractivity (Wildman–Crippen MR) is 59.8 cm³/mol. The van der Waals surface area contributed by atoms with Crippen molar-refractivity contribution >= 4 is 44.7 Å². The van der Waals surface area contributed by atoms with Crippen LogP contribution >= 0.6 is 27.5 Å². The van der Waals surface area contributed by atoms with Gasteiger partial charge in [-0.25, -0.2) is 0 Å². The molecule has 0 unspecified atom stereocenters. The summed E-state index contributed by atoms with van der Waals surface area (Å²) < 4.78 is 0.844. The molecule has 0 radical (unpaired) electrons. The molecule has 0 atom stereocenters. The molecule has 0 saturated carbocycles. The summed E-state index contributed by atoms with van der Waals surface area (Å²) in [5.74, 6) is 0. The Balaban J connectivity index is 2.93. The van der Waals surface area contributed by atoms with Crippen LogP contribution in [0.2, 0.25) is 5.02 Å². The number of rotatable bonds is 1. The fourth-order valence-corrected chi connectivity index (χ4v) is 2.22. The van der Waals surface area contributed by atoms with E-state index in [9.17, 15) is 4.79 Å². The van der Waals surface area contributed by atoms with Crippen molar-refractivity contribution in [3.63, 3.8) is 0 Å². The van der Waals surface area contributed by atoms with Crippen LogP contribution in [0.3, 0.4) is 0 Å². The molecule has 0 aliphatic rings. The normalized spacial score (nSPS) is 10.4. The van der Waals surface area contributed by atoms with Gasteiger partial charge in [0.05, 0.1) is 16.1 Å². The van der Waals surface area contributed by atoms with Crippen LogP contribution in [0.1, 0.15) is 10.4 Å². The molecule has 0 bridgehead atoms. The number of benzene rings is 1. The molecule has 0 aliphatic heterocycles. The molecule has 1 aromatic heterocycles. The van der Waals surface area contributed by atoms with Gasteiger partial charge in [0.25, 0.3) is 0 Å². The third-order valence-electron chi connectivity index (χ3n) is 1.93. The average Bonchev–Trinajstić information content (AvgIpc) is 2.18. The Morgan fingerprint density at radius 3 is 2.93 bits per heavy atom. The fraction of sp³-hybridized carbons (Fsp3) is 0. The van der Waals surface area contributed by atoms with E-state index in [1.165, 1.54) is 6.20 Å². The number of pyridine rings is 1. The lowest BCUT2D eigenvalue weighted by Crippen LogP contribution is -1.88. The smallest absolute Gasteiger partial charge is 0.153 e. The number of nitrogens with zero attached hydrogens (tertiary/aromatic N) is 1.